The van der Waals surface area contributed by atoms with Gasteiger partial charge in [0.2, 0.25) is 0 Å². The van der Waals surface area contributed by atoms with Crippen molar-refractivity contribution >= 4 is 29.0 Å². The summed E-state index contributed by atoms with van der Waals surface area (Å²) in [6.07, 6.45) is -12.2. The lowest BCUT2D eigenvalue weighted by Crippen LogP contribution is -2.43. The molecule has 20 heteroatoms. The van der Waals surface area contributed by atoms with E-state index in [2.05, 4.69) is 44.7 Å². The van der Waals surface area contributed by atoms with Gasteiger partial charge in [0.15, 0.2) is 0 Å². The monoisotopic (exact) mass is 674 g/mol. The molecular weight excluding hydrogens is 648 g/mol. The lowest BCUT2D eigenvalue weighted by Gasteiger charge is -2.29. The number of nitrogens with two attached hydrogens (primary N) is 1. The van der Waals surface area contributed by atoms with E-state index >= 15 is 0 Å². The third-order valence-corrected chi connectivity index (χ3v) is 6.94. The predicted molar refractivity (Wildman–Crippen MR) is 146 cm³/mol. The van der Waals surface area contributed by atoms with Crippen molar-refractivity contribution in [2.45, 2.75) is 25.3 Å². The van der Waals surface area contributed by atoms with Gasteiger partial charge in [-0.3, -0.25) is 4.57 Å². The molecule has 0 atom stereocenters. The number of carbonyl (C=O) groups is 2. The fraction of sp³-hybridized carbons (Fsp3) is 0.360. The second-order valence-corrected chi connectivity index (χ2v) is 10.1. The molecule has 11 nitrogen and oxygen atoms in total. The van der Waals surface area contributed by atoms with E-state index in [0.29, 0.717) is 0 Å². The first-order valence-corrected chi connectivity index (χ1v) is 13.4. The number of nitrogens with one attached hydrogen (secondary N) is 2. The molecule has 1 aliphatic heterocycles. The Morgan fingerprint density at radius 1 is 0.933 bits per heavy atom. The number of carboxylic acids is 2. The number of aromatic amines is 1. The molecule has 4 rings (SSSR count). The SMILES string of the molecule is NCC(Cc1n[nH]c(=O)n1Cc1ccc(-c2ccc(N3CCNCC3)cc2)s1)=C(F)F.O=C(O)C(F)(F)F.O=C(O)C(F)(F)F. The highest BCUT2D eigenvalue weighted by Gasteiger charge is 2.38. The zero-order valence-corrected chi connectivity index (χ0v) is 23.7. The molecule has 248 valence electrons. The number of nitrogens with zero attached hydrogens (tertiary/aromatic N) is 3. The van der Waals surface area contributed by atoms with Crippen LogP contribution in [-0.2, 0) is 22.6 Å². The van der Waals surface area contributed by atoms with Crippen molar-refractivity contribution in [3.63, 3.8) is 0 Å². The molecule has 1 saturated heterocycles. The van der Waals surface area contributed by atoms with Crippen LogP contribution in [0.25, 0.3) is 10.4 Å². The van der Waals surface area contributed by atoms with Crippen molar-refractivity contribution in [3.05, 3.63) is 69.2 Å². The van der Waals surface area contributed by atoms with Gasteiger partial charge in [-0.2, -0.15) is 40.2 Å². The van der Waals surface area contributed by atoms with E-state index in [1.807, 2.05) is 12.1 Å². The summed E-state index contributed by atoms with van der Waals surface area (Å²) in [4.78, 5) is 34.3. The minimum absolute atomic E-state index is 0.163. The van der Waals surface area contributed by atoms with Gasteiger partial charge in [0.1, 0.15) is 5.82 Å². The number of alkyl halides is 6. The van der Waals surface area contributed by atoms with Crippen LogP contribution in [0, 0.1) is 0 Å². The average molecular weight is 675 g/mol. The van der Waals surface area contributed by atoms with E-state index in [0.717, 1.165) is 41.5 Å². The lowest BCUT2D eigenvalue weighted by atomic mass is 10.1. The standard InChI is InChI=1S/C21H24F2N6OS.2C2HF3O2/c22-20(23)15(12-24)11-19-26-27-21(30)29(19)13-17-5-6-18(31-17)14-1-3-16(4-2-14)28-9-7-25-8-10-28;2*3-2(4,5)1(6)7/h1-6,25H,7-13,24H2,(H,27,30);2*(H,6,7). The second-order valence-electron chi connectivity index (χ2n) is 8.93. The van der Waals surface area contributed by atoms with Crippen LogP contribution in [0.2, 0.25) is 0 Å². The van der Waals surface area contributed by atoms with Gasteiger partial charge in [-0.1, -0.05) is 12.1 Å². The molecule has 1 fully saturated rings. The van der Waals surface area contributed by atoms with Crippen LogP contribution in [0.5, 0.6) is 0 Å². The van der Waals surface area contributed by atoms with Crippen molar-refractivity contribution in [2.75, 3.05) is 37.6 Å². The maximum Gasteiger partial charge on any atom is 0.490 e. The van der Waals surface area contributed by atoms with Crippen LogP contribution in [0.15, 0.2) is 52.8 Å². The van der Waals surface area contributed by atoms with Gasteiger partial charge in [-0.05, 0) is 29.8 Å². The highest BCUT2D eigenvalue weighted by atomic mass is 32.1. The van der Waals surface area contributed by atoms with Gasteiger partial charge >= 0.3 is 30.0 Å². The Balaban J connectivity index is 0.000000421. The van der Waals surface area contributed by atoms with Crippen LogP contribution in [-0.4, -0.2) is 82.0 Å². The van der Waals surface area contributed by atoms with Crippen LogP contribution in [0.1, 0.15) is 10.7 Å². The molecule has 3 heterocycles. The summed E-state index contributed by atoms with van der Waals surface area (Å²) in [6, 6.07) is 12.4. The smallest absolute Gasteiger partial charge is 0.475 e. The maximum atomic E-state index is 13.0. The fourth-order valence-corrected chi connectivity index (χ4v) is 4.59. The third-order valence-electron chi connectivity index (χ3n) is 5.82. The van der Waals surface area contributed by atoms with Crippen molar-refractivity contribution in [1.29, 1.82) is 0 Å². The zero-order valence-electron chi connectivity index (χ0n) is 22.9. The number of rotatable bonds is 7. The van der Waals surface area contributed by atoms with Gasteiger partial charge in [0.05, 0.1) is 6.54 Å². The molecule has 1 aromatic carbocycles. The number of H-pyrrole nitrogens is 1. The van der Waals surface area contributed by atoms with Crippen LogP contribution >= 0.6 is 11.3 Å². The van der Waals surface area contributed by atoms with Gasteiger partial charge in [-0.15, -0.1) is 11.3 Å². The van der Waals surface area contributed by atoms with Crippen molar-refractivity contribution in [2.24, 2.45) is 5.73 Å². The molecule has 6 N–H and O–H groups in total. The number of hydrogen-bond acceptors (Lipinski definition) is 8. The zero-order chi connectivity index (χ0) is 33.9. The first-order valence-electron chi connectivity index (χ1n) is 12.6. The van der Waals surface area contributed by atoms with Crippen molar-refractivity contribution in [1.82, 2.24) is 20.1 Å². The molecule has 0 spiro atoms. The Kier molecular flexibility index (Phi) is 13.2. The molecule has 0 amide bonds. The van der Waals surface area contributed by atoms with Crippen molar-refractivity contribution in [3.8, 4) is 10.4 Å². The molecule has 45 heavy (non-hydrogen) atoms. The van der Waals surface area contributed by atoms with E-state index in [1.54, 1.807) is 11.3 Å². The summed E-state index contributed by atoms with van der Waals surface area (Å²) < 4.78 is 90.8. The van der Waals surface area contributed by atoms with Gasteiger partial charge < -0.3 is 26.2 Å². The van der Waals surface area contributed by atoms with Gasteiger partial charge in [-0.25, -0.2) is 19.5 Å². The maximum absolute atomic E-state index is 13.0. The number of anilines is 1. The molecular formula is C25H26F8N6O5S. The number of aliphatic carboxylic acids is 2. The highest BCUT2D eigenvalue weighted by molar-refractivity contribution is 7.15. The van der Waals surface area contributed by atoms with E-state index in [4.69, 9.17) is 25.5 Å². The predicted octanol–water partition coefficient (Wildman–Crippen LogP) is 3.68. The first-order chi connectivity index (χ1) is 20.9. The van der Waals surface area contributed by atoms with E-state index in [1.165, 1.54) is 10.3 Å². The summed E-state index contributed by atoms with van der Waals surface area (Å²) in [5.41, 5.74) is 7.04. The Morgan fingerprint density at radius 2 is 1.47 bits per heavy atom. The average Bonchev–Trinajstić information content (AvgIpc) is 3.58. The largest absolute Gasteiger partial charge is 0.490 e. The van der Waals surface area contributed by atoms with Gasteiger partial charge in [0.25, 0.3) is 6.08 Å². The van der Waals surface area contributed by atoms with Crippen LogP contribution < -0.4 is 21.6 Å². The highest BCUT2D eigenvalue weighted by Crippen LogP contribution is 2.30. The Hall–Kier alpha value is -4.30. The Labute approximate surface area is 252 Å². The Bertz CT molecular complexity index is 1480. The van der Waals surface area contributed by atoms with E-state index in [9.17, 15) is 39.9 Å². The summed E-state index contributed by atoms with van der Waals surface area (Å²) in [6.45, 7) is 3.96. The molecule has 2 aromatic heterocycles. The topological polar surface area (TPSA) is 167 Å². The summed E-state index contributed by atoms with van der Waals surface area (Å²) in [5, 5.41) is 23.8. The lowest BCUT2D eigenvalue weighted by molar-refractivity contribution is -0.193. The van der Waals surface area contributed by atoms with E-state index < -0.39 is 36.1 Å². The minimum atomic E-state index is -5.08. The number of thiophene rings is 1. The van der Waals surface area contributed by atoms with Crippen LogP contribution in [0.4, 0.5) is 40.8 Å². The summed E-state index contributed by atoms with van der Waals surface area (Å²) >= 11 is 1.56. The summed E-state index contributed by atoms with van der Waals surface area (Å²) in [7, 11) is 0. The molecule has 0 radical (unpaired) electrons. The van der Waals surface area contributed by atoms with Crippen LogP contribution in [0.3, 0.4) is 0 Å². The number of benzene rings is 1. The molecule has 1 aliphatic rings. The second kappa shape index (κ2) is 16.1. The number of carboxylic acid groups (broad SMARTS) is 2. The molecule has 3 aromatic rings. The van der Waals surface area contributed by atoms with Gasteiger partial charge in [0, 0.05) is 60.2 Å². The molecule has 0 aliphatic carbocycles. The minimum Gasteiger partial charge on any atom is -0.475 e. The normalized spacial score (nSPS) is 13.2. The summed E-state index contributed by atoms with van der Waals surface area (Å²) in [5.74, 6) is -5.27. The first kappa shape index (κ1) is 36.9. The molecule has 0 unspecified atom stereocenters. The number of piperazine rings is 1. The quantitative estimate of drug-likeness (QED) is 0.235. The third kappa shape index (κ3) is 11.6. The molecule has 0 saturated carbocycles. The molecule has 0 bridgehead atoms. The number of aromatic nitrogens is 3. The number of halogens is 8. The van der Waals surface area contributed by atoms with Crippen molar-refractivity contribution < 1.29 is 54.9 Å². The fourth-order valence-electron chi connectivity index (χ4n) is 3.59. The Morgan fingerprint density at radius 3 is 1.93 bits per heavy atom. The van der Waals surface area contributed by atoms with E-state index in [-0.39, 0.29) is 30.9 Å². The number of hydrogen-bond donors (Lipinski definition) is 5.